The Morgan fingerprint density at radius 2 is 1.75 bits per heavy atom. The summed E-state index contributed by atoms with van der Waals surface area (Å²) in [6, 6.07) is 14.3. The van der Waals surface area contributed by atoms with E-state index in [4.69, 9.17) is 4.74 Å². The van der Waals surface area contributed by atoms with Crippen LogP contribution >= 0.6 is 0 Å². The first-order valence-corrected chi connectivity index (χ1v) is 9.14. The summed E-state index contributed by atoms with van der Waals surface area (Å²) in [6.45, 7) is 5.43. The van der Waals surface area contributed by atoms with Crippen molar-refractivity contribution in [2.24, 2.45) is 5.10 Å². The van der Waals surface area contributed by atoms with Crippen LogP contribution < -0.4 is 5.01 Å². The molecule has 2 aromatic rings. The third-order valence-corrected chi connectivity index (χ3v) is 4.71. The molecule has 0 unspecified atom stereocenters. The van der Waals surface area contributed by atoms with Crippen LogP contribution in [0.15, 0.2) is 53.6 Å². The van der Waals surface area contributed by atoms with Crippen molar-refractivity contribution in [1.82, 2.24) is 0 Å². The van der Waals surface area contributed by atoms with Gasteiger partial charge in [-0.3, -0.25) is 9.59 Å². The van der Waals surface area contributed by atoms with Gasteiger partial charge in [0.1, 0.15) is 5.71 Å². The van der Waals surface area contributed by atoms with Crippen molar-refractivity contribution in [3.8, 4) is 0 Å². The number of aryl methyl sites for hydroxylation is 2. The Morgan fingerprint density at radius 1 is 1.04 bits per heavy atom. The van der Waals surface area contributed by atoms with E-state index in [1.165, 1.54) is 5.01 Å². The third-order valence-electron chi connectivity index (χ3n) is 4.71. The van der Waals surface area contributed by atoms with Gasteiger partial charge in [0.15, 0.2) is 6.10 Å². The van der Waals surface area contributed by atoms with Crippen molar-refractivity contribution in [1.29, 1.82) is 0 Å². The van der Waals surface area contributed by atoms with E-state index in [-0.39, 0.29) is 30.2 Å². The van der Waals surface area contributed by atoms with Crippen molar-refractivity contribution < 1.29 is 19.1 Å². The number of nitrogens with zero attached hydrogens (tertiary/aromatic N) is 2. The lowest BCUT2D eigenvalue weighted by atomic mass is 10.0. The molecule has 0 aliphatic carbocycles. The van der Waals surface area contributed by atoms with Gasteiger partial charge >= 0.3 is 5.97 Å². The minimum atomic E-state index is -0.944. The molecule has 28 heavy (non-hydrogen) atoms. The maximum Gasteiger partial charge on any atom is 0.355 e. The van der Waals surface area contributed by atoms with Gasteiger partial charge in [0.25, 0.3) is 0 Å². The summed E-state index contributed by atoms with van der Waals surface area (Å²) in [5, 5.41) is 5.36. The molecule has 1 heterocycles. The molecule has 0 saturated carbocycles. The Morgan fingerprint density at radius 3 is 2.43 bits per heavy atom. The standard InChI is InChI=1S/C22H22N2O4/c1-14-9-10-17(13-15(14)2)21(26)16(3)28-22(27)19-11-12-20(25)24(23-19)18-7-5-4-6-8-18/h4-10,13,16H,11-12H2,1-3H3/t16-/m1/s1. The van der Waals surface area contributed by atoms with Gasteiger partial charge in [0.05, 0.1) is 5.69 Å². The molecule has 1 aliphatic rings. The Labute approximate surface area is 163 Å². The van der Waals surface area contributed by atoms with Crippen LogP contribution in [0.4, 0.5) is 5.69 Å². The van der Waals surface area contributed by atoms with Gasteiger partial charge < -0.3 is 4.74 Å². The summed E-state index contributed by atoms with van der Waals surface area (Å²) in [5.74, 6) is -1.15. The summed E-state index contributed by atoms with van der Waals surface area (Å²) in [5.41, 5.74) is 3.29. The average Bonchev–Trinajstić information content (AvgIpc) is 2.70. The maximum atomic E-state index is 12.6. The minimum Gasteiger partial charge on any atom is -0.450 e. The number of para-hydroxylation sites is 1. The van der Waals surface area contributed by atoms with Crippen LogP contribution in [0, 0.1) is 13.8 Å². The van der Waals surface area contributed by atoms with Crippen LogP contribution in [0.3, 0.4) is 0 Å². The van der Waals surface area contributed by atoms with Gasteiger partial charge in [-0.25, -0.2) is 9.80 Å². The number of rotatable bonds is 5. The van der Waals surface area contributed by atoms with E-state index in [9.17, 15) is 14.4 Å². The number of amides is 1. The zero-order valence-corrected chi connectivity index (χ0v) is 16.1. The molecule has 1 aliphatic heterocycles. The molecule has 0 saturated heterocycles. The summed E-state index contributed by atoms with van der Waals surface area (Å²) in [7, 11) is 0. The number of benzene rings is 2. The number of hydrogen-bond donors (Lipinski definition) is 0. The highest BCUT2D eigenvalue weighted by molar-refractivity contribution is 6.38. The second-order valence-corrected chi connectivity index (χ2v) is 6.80. The zero-order chi connectivity index (χ0) is 20.3. The normalized spacial score (nSPS) is 15.0. The summed E-state index contributed by atoms with van der Waals surface area (Å²) in [4.78, 5) is 37.2. The van der Waals surface area contributed by atoms with E-state index in [1.807, 2.05) is 26.0 Å². The van der Waals surface area contributed by atoms with E-state index in [2.05, 4.69) is 5.10 Å². The molecule has 0 fully saturated rings. The molecule has 6 nitrogen and oxygen atoms in total. The molecule has 1 amide bonds. The van der Waals surface area contributed by atoms with Gasteiger partial charge in [-0.1, -0.05) is 30.3 Å². The molecule has 2 aromatic carbocycles. The van der Waals surface area contributed by atoms with E-state index in [0.29, 0.717) is 11.3 Å². The van der Waals surface area contributed by atoms with Crippen LogP contribution in [0.2, 0.25) is 0 Å². The molecule has 6 heteroatoms. The lowest BCUT2D eigenvalue weighted by Crippen LogP contribution is -2.36. The number of carbonyl (C=O) groups is 3. The van der Waals surface area contributed by atoms with Gasteiger partial charge in [0, 0.05) is 18.4 Å². The van der Waals surface area contributed by atoms with Gasteiger partial charge in [-0.05, 0) is 50.1 Å². The monoisotopic (exact) mass is 378 g/mol. The van der Waals surface area contributed by atoms with Crippen molar-refractivity contribution >= 4 is 29.1 Å². The molecule has 0 spiro atoms. The predicted octanol–water partition coefficient (Wildman–Crippen LogP) is 3.60. The third kappa shape index (κ3) is 4.17. The first-order valence-electron chi connectivity index (χ1n) is 9.14. The number of carbonyl (C=O) groups excluding carboxylic acids is 3. The Balaban J connectivity index is 1.73. The summed E-state index contributed by atoms with van der Waals surface area (Å²) in [6.07, 6.45) is -0.603. The van der Waals surface area contributed by atoms with Crippen LogP contribution in [0.1, 0.15) is 41.3 Å². The van der Waals surface area contributed by atoms with E-state index < -0.39 is 12.1 Å². The Hall–Kier alpha value is -3.28. The fourth-order valence-corrected chi connectivity index (χ4v) is 2.88. The average molecular weight is 378 g/mol. The van der Waals surface area contributed by atoms with Crippen LogP contribution in [-0.2, 0) is 14.3 Å². The number of hydrazone groups is 1. The smallest absolute Gasteiger partial charge is 0.355 e. The van der Waals surface area contributed by atoms with Gasteiger partial charge in [-0.15, -0.1) is 0 Å². The molecular formula is C22H22N2O4. The molecule has 1 atom stereocenters. The van der Waals surface area contributed by atoms with Gasteiger partial charge in [0.2, 0.25) is 11.7 Å². The Bertz CT molecular complexity index is 950. The molecule has 0 aromatic heterocycles. The maximum absolute atomic E-state index is 12.6. The fourth-order valence-electron chi connectivity index (χ4n) is 2.88. The van der Waals surface area contributed by atoms with Crippen LogP contribution in [-0.4, -0.2) is 29.5 Å². The first-order chi connectivity index (χ1) is 13.4. The minimum absolute atomic E-state index is 0.128. The number of ether oxygens (including phenoxy) is 1. The zero-order valence-electron chi connectivity index (χ0n) is 16.1. The lowest BCUT2D eigenvalue weighted by Gasteiger charge is -2.23. The van der Waals surface area contributed by atoms with E-state index in [1.54, 1.807) is 43.3 Å². The molecule has 0 N–H and O–H groups in total. The van der Waals surface area contributed by atoms with Crippen molar-refractivity contribution in [3.05, 3.63) is 65.2 Å². The van der Waals surface area contributed by atoms with E-state index in [0.717, 1.165) is 11.1 Å². The van der Waals surface area contributed by atoms with Crippen molar-refractivity contribution in [3.63, 3.8) is 0 Å². The SMILES string of the molecule is Cc1ccc(C(=O)[C@@H](C)OC(=O)C2=NN(c3ccccc3)C(=O)CC2)cc1C. The molecule has 144 valence electrons. The Kier molecular flexibility index (Phi) is 5.68. The predicted molar refractivity (Wildman–Crippen MR) is 106 cm³/mol. The highest BCUT2D eigenvalue weighted by atomic mass is 16.5. The number of Topliss-reactive ketones (excluding diaryl/α,β-unsaturated/α-hetero) is 1. The second kappa shape index (κ2) is 8.17. The first kappa shape index (κ1) is 19.5. The highest BCUT2D eigenvalue weighted by Gasteiger charge is 2.29. The number of hydrogen-bond acceptors (Lipinski definition) is 5. The molecule has 3 rings (SSSR count). The summed E-state index contributed by atoms with van der Waals surface area (Å²) < 4.78 is 5.34. The number of esters is 1. The molecular weight excluding hydrogens is 356 g/mol. The van der Waals surface area contributed by atoms with E-state index >= 15 is 0 Å². The van der Waals surface area contributed by atoms with Crippen molar-refractivity contribution in [2.75, 3.05) is 5.01 Å². The molecule has 0 radical (unpaired) electrons. The largest absolute Gasteiger partial charge is 0.450 e. The summed E-state index contributed by atoms with van der Waals surface area (Å²) >= 11 is 0. The second-order valence-electron chi connectivity index (χ2n) is 6.80. The molecule has 0 bridgehead atoms. The quantitative estimate of drug-likeness (QED) is 0.588. The fraction of sp³-hybridized carbons (Fsp3) is 0.273. The lowest BCUT2D eigenvalue weighted by molar-refractivity contribution is -0.138. The van der Waals surface area contributed by atoms with Crippen molar-refractivity contribution in [2.45, 2.75) is 39.7 Å². The number of ketones is 1. The van der Waals surface area contributed by atoms with Crippen LogP contribution in [0.5, 0.6) is 0 Å². The number of anilines is 1. The topological polar surface area (TPSA) is 76.0 Å². The van der Waals surface area contributed by atoms with Crippen LogP contribution in [0.25, 0.3) is 0 Å². The van der Waals surface area contributed by atoms with Gasteiger partial charge in [-0.2, -0.15) is 5.10 Å². The highest BCUT2D eigenvalue weighted by Crippen LogP contribution is 2.20.